The highest BCUT2D eigenvalue weighted by atomic mass is 14.6. The van der Waals surface area contributed by atoms with Crippen molar-refractivity contribution in [1.29, 1.82) is 10.5 Å². The zero-order valence-electron chi connectivity index (χ0n) is 16.6. The summed E-state index contributed by atoms with van der Waals surface area (Å²) in [6.45, 7) is 12.0. The molecule has 0 saturated carbocycles. The lowest BCUT2D eigenvalue weighted by Gasteiger charge is -2.11. The number of nitrogens with two attached hydrogens (primary N) is 2. The van der Waals surface area contributed by atoms with E-state index < -0.39 is 0 Å². The third-order valence-electron chi connectivity index (χ3n) is 4.89. The number of nitrogen functional groups attached to an aromatic ring is 2. The highest BCUT2D eigenvalue weighted by molar-refractivity contribution is 5.59. The Balaban J connectivity index is 0.000000260. The van der Waals surface area contributed by atoms with Crippen LogP contribution < -0.4 is 11.5 Å². The van der Waals surface area contributed by atoms with Crippen LogP contribution in [0.1, 0.15) is 44.5 Å². The topological polar surface area (TPSA) is 99.6 Å². The molecule has 0 saturated heterocycles. The van der Waals surface area contributed by atoms with E-state index in [9.17, 15) is 0 Å². The summed E-state index contributed by atoms with van der Waals surface area (Å²) in [6.07, 6.45) is 0.893. The molecule has 0 aromatic heterocycles. The van der Waals surface area contributed by atoms with Crippen LogP contribution >= 0.6 is 0 Å². The molecule has 26 heavy (non-hydrogen) atoms. The summed E-state index contributed by atoms with van der Waals surface area (Å²) in [7, 11) is 0. The zero-order valence-corrected chi connectivity index (χ0v) is 16.6. The van der Waals surface area contributed by atoms with Crippen LogP contribution in [0, 0.1) is 64.2 Å². The average Bonchev–Trinajstić information content (AvgIpc) is 2.59. The van der Waals surface area contributed by atoms with E-state index in [1.165, 1.54) is 0 Å². The summed E-state index contributed by atoms with van der Waals surface area (Å²) in [5, 5.41) is 17.3. The number of benzene rings is 2. The van der Waals surface area contributed by atoms with Crippen molar-refractivity contribution in [3.05, 3.63) is 56.6 Å². The molecule has 0 fully saturated rings. The van der Waals surface area contributed by atoms with Gasteiger partial charge in [-0.05, 0) is 86.1 Å². The van der Waals surface area contributed by atoms with Gasteiger partial charge in [-0.1, -0.05) is 12.1 Å². The SMILES string of the molecule is Cc1cc(C)c(CC#N)c(C)c1N.Cc1cc(C)c(CC#N)c(C)c1N. The zero-order chi connectivity index (χ0) is 20.0. The predicted octanol–water partition coefficient (Wildman–Crippen LogP) is 4.52. The summed E-state index contributed by atoms with van der Waals surface area (Å²) in [6, 6.07) is 8.39. The van der Waals surface area contributed by atoms with Gasteiger partial charge in [0.2, 0.25) is 0 Å². The van der Waals surface area contributed by atoms with Crippen LogP contribution in [0.2, 0.25) is 0 Å². The molecular weight excluding hydrogens is 320 g/mol. The van der Waals surface area contributed by atoms with E-state index in [0.29, 0.717) is 12.8 Å². The van der Waals surface area contributed by atoms with E-state index in [2.05, 4.69) is 12.1 Å². The quantitative estimate of drug-likeness (QED) is 0.779. The van der Waals surface area contributed by atoms with Crippen molar-refractivity contribution in [3.63, 3.8) is 0 Å². The summed E-state index contributed by atoms with van der Waals surface area (Å²) >= 11 is 0. The van der Waals surface area contributed by atoms with Gasteiger partial charge in [0.05, 0.1) is 25.0 Å². The van der Waals surface area contributed by atoms with E-state index >= 15 is 0 Å². The first-order valence-corrected chi connectivity index (χ1v) is 8.59. The van der Waals surface area contributed by atoms with Crippen LogP contribution in [0.25, 0.3) is 0 Å². The number of nitriles is 2. The number of aryl methyl sites for hydroxylation is 4. The van der Waals surface area contributed by atoms with Gasteiger partial charge in [-0.15, -0.1) is 0 Å². The average molecular weight is 348 g/mol. The van der Waals surface area contributed by atoms with Gasteiger partial charge in [0.1, 0.15) is 0 Å². The van der Waals surface area contributed by atoms with Gasteiger partial charge in [0, 0.05) is 11.4 Å². The monoisotopic (exact) mass is 348 g/mol. The Kier molecular flexibility index (Phi) is 7.23. The highest BCUT2D eigenvalue weighted by Gasteiger charge is 2.08. The molecule has 2 aromatic rings. The Morgan fingerprint density at radius 1 is 0.654 bits per heavy atom. The largest absolute Gasteiger partial charge is 0.398 e. The Labute approximate surface area is 157 Å². The molecule has 0 aliphatic heterocycles. The molecule has 0 heterocycles. The van der Waals surface area contributed by atoms with Crippen LogP contribution in [-0.4, -0.2) is 0 Å². The van der Waals surface area contributed by atoms with E-state index in [1.54, 1.807) is 0 Å². The van der Waals surface area contributed by atoms with Gasteiger partial charge < -0.3 is 11.5 Å². The van der Waals surface area contributed by atoms with Gasteiger partial charge in [-0.25, -0.2) is 0 Å². The summed E-state index contributed by atoms with van der Waals surface area (Å²) in [5.74, 6) is 0. The second-order valence-electron chi connectivity index (χ2n) is 6.72. The van der Waals surface area contributed by atoms with Crippen LogP contribution in [0.15, 0.2) is 12.1 Å². The Bertz CT molecular complexity index is 821. The van der Waals surface area contributed by atoms with Gasteiger partial charge >= 0.3 is 0 Å². The number of hydrogen-bond donors (Lipinski definition) is 2. The van der Waals surface area contributed by atoms with Crippen molar-refractivity contribution in [2.45, 2.75) is 54.4 Å². The molecule has 2 rings (SSSR count). The lowest BCUT2D eigenvalue weighted by atomic mass is 9.96. The van der Waals surface area contributed by atoms with E-state index in [4.69, 9.17) is 22.0 Å². The van der Waals surface area contributed by atoms with Gasteiger partial charge in [0.25, 0.3) is 0 Å². The molecule has 0 spiro atoms. The molecule has 4 heteroatoms. The molecule has 0 aliphatic rings. The van der Waals surface area contributed by atoms with Crippen LogP contribution in [0.3, 0.4) is 0 Å². The first kappa shape index (κ1) is 21.1. The second-order valence-corrected chi connectivity index (χ2v) is 6.72. The molecule has 4 N–H and O–H groups in total. The number of nitrogens with zero attached hydrogens (tertiary/aromatic N) is 2. The minimum absolute atomic E-state index is 0.447. The van der Waals surface area contributed by atoms with Gasteiger partial charge in [-0.2, -0.15) is 10.5 Å². The maximum Gasteiger partial charge on any atom is 0.0669 e. The predicted molar refractivity (Wildman–Crippen MR) is 109 cm³/mol. The first-order valence-electron chi connectivity index (χ1n) is 8.59. The molecule has 136 valence electrons. The maximum absolute atomic E-state index is 8.64. The van der Waals surface area contributed by atoms with Crippen molar-refractivity contribution in [3.8, 4) is 12.1 Å². The lowest BCUT2D eigenvalue weighted by molar-refractivity contribution is 1.16. The summed E-state index contributed by atoms with van der Waals surface area (Å²) < 4.78 is 0. The molecule has 4 nitrogen and oxygen atoms in total. The number of rotatable bonds is 2. The number of anilines is 2. The van der Waals surface area contributed by atoms with E-state index in [1.807, 2.05) is 53.7 Å². The maximum atomic E-state index is 8.64. The van der Waals surface area contributed by atoms with Crippen molar-refractivity contribution in [2.24, 2.45) is 0 Å². The summed E-state index contributed by atoms with van der Waals surface area (Å²) in [4.78, 5) is 0. The fraction of sp³-hybridized carbons (Fsp3) is 0.364. The van der Waals surface area contributed by atoms with E-state index in [-0.39, 0.29) is 0 Å². The summed E-state index contributed by atoms with van der Waals surface area (Å²) in [5.41, 5.74) is 22.1. The number of hydrogen-bond acceptors (Lipinski definition) is 4. The van der Waals surface area contributed by atoms with Gasteiger partial charge in [-0.3, -0.25) is 0 Å². The molecule has 0 atom stereocenters. The molecule has 0 amide bonds. The lowest BCUT2D eigenvalue weighted by Crippen LogP contribution is -2.00. The van der Waals surface area contributed by atoms with E-state index in [0.717, 1.165) is 55.9 Å². The minimum atomic E-state index is 0.447. The molecular formula is C22H28N4. The third-order valence-corrected chi connectivity index (χ3v) is 4.89. The minimum Gasteiger partial charge on any atom is -0.398 e. The van der Waals surface area contributed by atoms with Crippen molar-refractivity contribution >= 4 is 11.4 Å². The molecule has 0 aliphatic carbocycles. The van der Waals surface area contributed by atoms with Gasteiger partial charge in [0.15, 0.2) is 0 Å². The van der Waals surface area contributed by atoms with Crippen LogP contribution in [-0.2, 0) is 12.8 Å². The standard InChI is InChI=1S/2C11H14N2/c2*1-7-6-8(2)11(13)9(3)10(7)4-5-12/h2*6H,4,13H2,1-3H3. The first-order chi connectivity index (χ1) is 12.1. The van der Waals surface area contributed by atoms with Crippen molar-refractivity contribution in [1.82, 2.24) is 0 Å². The van der Waals surface area contributed by atoms with Crippen LogP contribution in [0.5, 0.6) is 0 Å². The molecule has 0 bridgehead atoms. The molecule has 0 unspecified atom stereocenters. The fourth-order valence-corrected chi connectivity index (χ4v) is 3.19. The Morgan fingerprint density at radius 3 is 1.23 bits per heavy atom. The Morgan fingerprint density at radius 2 is 0.962 bits per heavy atom. The molecule has 2 aromatic carbocycles. The Hall–Kier alpha value is -2.98. The second kappa shape index (κ2) is 8.92. The van der Waals surface area contributed by atoms with Crippen LogP contribution in [0.4, 0.5) is 11.4 Å². The van der Waals surface area contributed by atoms with Crippen molar-refractivity contribution in [2.75, 3.05) is 11.5 Å². The van der Waals surface area contributed by atoms with Crippen molar-refractivity contribution < 1.29 is 0 Å². The normalized spacial score (nSPS) is 9.69. The third kappa shape index (κ3) is 4.55. The molecule has 0 radical (unpaired) electrons. The highest BCUT2D eigenvalue weighted by Crippen LogP contribution is 2.25. The smallest absolute Gasteiger partial charge is 0.0669 e. The fourth-order valence-electron chi connectivity index (χ4n) is 3.19.